The molecule has 1 atom stereocenters. The third-order valence-electron chi connectivity index (χ3n) is 2.98. The van der Waals surface area contributed by atoms with E-state index in [1.165, 1.54) is 6.07 Å². The van der Waals surface area contributed by atoms with Crippen molar-refractivity contribution in [2.75, 3.05) is 13.2 Å². The van der Waals surface area contributed by atoms with Crippen LogP contribution in [0.3, 0.4) is 0 Å². The van der Waals surface area contributed by atoms with Crippen molar-refractivity contribution in [1.82, 2.24) is 0 Å². The topological polar surface area (TPSA) is 69.7 Å². The molecule has 2 rings (SSSR count). The Labute approximate surface area is 114 Å². The van der Waals surface area contributed by atoms with E-state index in [0.717, 1.165) is 12.1 Å². The van der Waals surface area contributed by atoms with Crippen LogP contribution in [-0.4, -0.2) is 30.7 Å². The molecule has 0 saturated carbocycles. The summed E-state index contributed by atoms with van der Waals surface area (Å²) in [5.74, 6) is -4.05. The highest BCUT2D eigenvalue weighted by Crippen LogP contribution is 2.28. The Hall–Kier alpha value is -2.24. The largest absolute Gasteiger partial charge is 0.493 e. The molecule has 0 N–H and O–H groups in total. The number of carbonyl (C=O) groups is 3. The van der Waals surface area contributed by atoms with Crippen LogP contribution in [0, 0.1) is 11.7 Å². The normalized spacial score (nSPS) is 17.7. The average molecular weight is 280 g/mol. The van der Waals surface area contributed by atoms with Crippen molar-refractivity contribution in [2.45, 2.75) is 13.3 Å². The second-order valence-electron chi connectivity index (χ2n) is 4.28. The maximum atomic E-state index is 13.1. The molecule has 1 aromatic carbocycles. The van der Waals surface area contributed by atoms with Crippen LogP contribution in [-0.2, 0) is 14.3 Å². The van der Waals surface area contributed by atoms with Gasteiger partial charge in [-0.15, -0.1) is 0 Å². The van der Waals surface area contributed by atoms with Crippen molar-refractivity contribution in [3.05, 3.63) is 29.6 Å². The van der Waals surface area contributed by atoms with Crippen molar-refractivity contribution in [2.24, 2.45) is 5.92 Å². The molecule has 0 aliphatic carbocycles. The van der Waals surface area contributed by atoms with Crippen LogP contribution in [0.15, 0.2) is 18.2 Å². The summed E-state index contributed by atoms with van der Waals surface area (Å²) < 4.78 is 23.0. The zero-order chi connectivity index (χ0) is 14.7. The lowest BCUT2D eigenvalue weighted by atomic mass is 9.91. The van der Waals surface area contributed by atoms with E-state index >= 15 is 0 Å². The molecule has 0 amide bonds. The number of benzene rings is 1. The van der Waals surface area contributed by atoms with E-state index in [9.17, 15) is 18.8 Å². The Morgan fingerprint density at radius 3 is 2.90 bits per heavy atom. The fourth-order valence-corrected chi connectivity index (χ4v) is 2.02. The van der Waals surface area contributed by atoms with E-state index in [4.69, 9.17) is 4.74 Å². The predicted molar refractivity (Wildman–Crippen MR) is 66.0 cm³/mol. The van der Waals surface area contributed by atoms with E-state index in [1.807, 2.05) is 0 Å². The van der Waals surface area contributed by atoms with Crippen LogP contribution in [0.1, 0.15) is 23.7 Å². The van der Waals surface area contributed by atoms with Crippen molar-refractivity contribution in [3.8, 4) is 5.75 Å². The van der Waals surface area contributed by atoms with Crippen LogP contribution >= 0.6 is 0 Å². The minimum absolute atomic E-state index is 0.0536. The van der Waals surface area contributed by atoms with Gasteiger partial charge in [0.05, 0.1) is 24.7 Å². The monoisotopic (exact) mass is 280 g/mol. The second kappa shape index (κ2) is 5.81. The highest BCUT2D eigenvalue weighted by Gasteiger charge is 2.36. The Morgan fingerprint density at radius 2 is 2.20 bits per heavy atom. The highest BCUT2D eigenvalue weighted by atomic mass is 19.1. The van der Waals surface area contributed by atoms with Gasteiger partial charge in [-0.05, 0) is 25.5 Å². The average Bonchev–Trinajstić information content (AvgIpc) is 2.57. The van der Waals surface area contributed by atoms with Gasteiger partial charge in [0.2, 0.25) is 0 Å². The molecule has 1 aliphatic heterocycles. The maximum Gasteiger partial charge on any atom is 0.375 e. The van der Waals surface area contributed by atoms with Gasteiger partial charge in [0.15, 0.2) is 5.78 Å². The van der Waals surface area contributed by atoms with Gasteiger partial charge in [0.1, 0.15) is 11.6 Å². The number of hydrogen-bond acceptors (Lipinski definition) is 5. The van der Waals surface area contributed by atoms with Gasteiger partial charge in [-0.25, -0.2) is 9.18 Å². The summed E-state index contributed by atoms with van der Waals surface area (Å²) in [4.78, 5) is 35.6. The third kappa shape index (κ3) is 2.68. The molecule has 1 aliphatic rings. The number of esters is 1. The first-order valence-corrected chi connectivity index (χ1v) is 6.22. The lowest BCUT2D eigenvalue weighted by Crippen LogP contribution is -2.31. The molecule has 1 aromatic rings. The summed E-state index contributed by atoms with van der Waals surface area (Å²) in [5.41, 5.74) is 0.103. The van der Waals surface area contributed by atoms with Crippen molar-refractivity contribution < 1.29 is 28.2 Å². The number of Topliss-reactive ketones (excluding diaryl/α,β-unsaturated/α-hetero) is 2. The molecule has 0 spiro atoms. The summed E-state index contributed by atoms with van der Waals surface area (Å²) in [6.45, 7) is 1.68. The van der Waals surface area contributed by atoms with Gasteiger partial charge in [-0.1, -0.05) is 0 Å². The summed E-state index contributed by atoms with van der Waals surface area (Å²) in [7, 11) is 0. The molecule has 0 aromatic heterocycles. The Balaban J connectivity index is 2.30. The molecule has 106 valence electrons. The molecule has 20 heavy (non-hydrogen) atoms. The summed E-state index contributed by atoms with van der Waals surface area (Å²) >= 11 is 0. The van der Waals surface area contributed by atoms with Gasteiger partial charge in [0, 0.05) is 6.07 Å². The van der Waals surface area contributed by atoms with E-state index in [-0.39, 0.29) is 30.9 Å². The number of ether oxygens (including phenoxy) is 2. The molecular weight excluding hydrogens is 267 g/mol. The Morgan fingerprint density at radius 1 is 1.45 bits per heavy atom. The second-order valence-corrected chi connectivity index (χ2v) is 4.28. The van der Waals surface area contributed by atoms with Crippen LogP contribution in [0.4, 0.5) is 4.39 Å². The molecular formula is C14H13FO5. The smallest absolute Gasteiger partial charge is 0.375 e. The third-order valence-corrected chi connectivity index (χ3v) is 2.98. The Kier molecular flexibility index (Phi) is 4.12. The van der Waals surface area contributed by atoms with Crippen LogP contribution < -0.4 is 4.74 Å². The SMILES string of the molecule is CCOC(=O)C(=O)C1CCOc2cc(F)ccc2C1=O. The number of rotatable bonds is 3. The number of fused-ring (bicyclic) bond motifs is 1. The van der Waals surface area contributed by atoms with Gasteiger partial charge in [-0.2, -0.15) is 0 Å². The minimum Gasteiger partial charge on any atom is -0.493 e. The van der Waals surface area contributed by atoms with Crippen molar-refractivity contribution in [3.63, 3.8) is 0 Å². The first kappa shape index (κ1) is 14.2. The van der Waals surface area contributed by atoms with E-state index < -0.39 is 29.3 Å². The van der Waals surface area contributed by atoms with Crippen molar-refractivity contribution in [1.29, 1.82) is 0 Å². The van der Waals surface area contributed by atoms with Crippen molar-refractivity contribution >= 4 is 17.5 Å². The van der Waals surface area contributed by atoms with E-state index in [2.05, 4.69) is 4.74 Å². The quantitative estimate of drug-likeness (QED) is 0.477. The van der Waals surface area contributed by atoms with Gasteiger partial charge >= 0.3 is 5.97 Å². The first-order valence-electron chi connectivity index (χ1n) is 6.22. The summed E-state index contributed by atoms with van der Waals surface area (Å²) in [6.07, 6.45) is 0.0623. The molecule has 1 heterocycles. The lowest BCUT2D eigenvalue weighted by molar-refractivity contribution is -0.154. The van der Waals surface area contributed by atoms with E-state index in [0.29, 0.717) is 0 Å². The number of ketones is 2. The lowest BCUT2D eigenvalue weighted by Gasteiger charge is -2.10. The molecule has 0 saturated heterocycles. The van der Waals surface area contributed by atoms with Crippen LogP contribution in [0.5, 0.6) is 5.75 Å². The molecule has 6 heteroatoms. The number of carbonyl (C=O) groups excluding carboxylic acids is 3. The molecule has 5 nitrogen and oxygen atoms in total. The zero-order valence-corrected chi connectivity index (χ0v) is 10.8. The number of hydrogen-bond donors (Lipinski definition) is 0. The standard InChI is InChI=1S/C14H13FO5/c1-2-19-14(18)13(17)10-5-6-20-11-7-8(15)3-4-9(11)12(10)16/h3-4,7,10H,2,5-6H2,1H3. The fourth-order valence-electron chi connectivity index (χ4n) is 2.02. The maximum absolute atomic E-state index is 13.1. The molecule has 0 radical (unpaired) electrons. The molecule has 0 bridgehead atoms. The van der Waals surface area contributed by atoms with Crippen LogP contribution in [0.2, 0.25) is 0 Å². The fraction of sp³-hybridized carbons (Fsp3) is 0.357. The van der Waals surface area contributed by atoms with Gasteiger partial charge in [0.25, 0.3) is 5.78 Å². The number of halogens is 1. The summed E-state index contributed by atoms with van der Waals surface area (Å²) in [5, 5.41) is 0. The minimum atomic E-state index is -1.14. The van der Waals surface area contributed by atoms with Gasteiger partial charge < -0.3 is 9.47 Å². The van der Waals surface area contributed by atoms with Gasteiger partial charge in [-0.3, -0.25) is 9.59 Å². The predicted octanol–water partition coefficient (Wildman–Crippen LogP) is 1.54. The first-order chi connectivity index (χ1) is 9.54. The van der Waals surface area contributed by atoms with Crippen LogP contribution in [0.25, 0.3) is 0 Å². The Bertz CT molecular complexity index is 567. The highest BCUT2D eigenvalue weighted by molar-refractivity contribution is 6.39. The molecule has 1 unspecified atom stereocenters. The van der Waals surface area contributed by atoms with E-state index in [1.54, 1.807) is 6.92 Å². The molecule has 0 fully saturated rings. The summed E-state index contributed by atoms with van der Waals surface area (Å²) in [6, 6.07) is 3.45. The zero-order valence-electron chi connectivity index (χ0n) is 10.8.